The number of nitrogens with one attached hydrogen (secondary N) is 4. The highest BCUT2D eigenvalue weighted by Gasteiger charge is 2.39. The maximum Gasteiger partial charge on any atom is 0.255 e. The van der Waals surface area contributed by atoms with E-state index in [9.17, 15) is 24.0 Å². The van der Waals surface area contributed by atoms with Crippen LogP contribution in [0.2, 0.25) is 0 Å². The Hall–Kier alpha value is -3.27. The first kappa shape index (κ1) is 24.4. The predicted molar refractivity (Wildman–Crippen MR) is 121 cm³/mol. The van der Waals surface area contributed by atoms with E-state index in [1.54, 1.807) is 18.2 Å². The Labute approximate surface area is 192 Å². The molecular formula is C23H31N5O5. The largest absolute Gasteiger partial charge is 0.359 e. The Balaban J connectivity index is 1.43. The minimum atomic E-state index is -0.680. The molecule has 1 fully saturated rings. The zero-order valence-electron chi connectivity index (χ0n) is 18.7. The zero-order chi connectivity index (χ0) is 23.6. The number of hydrogen-bond acceptors (Lipinski definition) is 6. The topological polar surface area (TPSA) is 137 Å². The van der Waals surface area contributed by atoms with Gasteiger partial charge in [0.2, 0.25) is 24.1 Å². The molecule has 178 valence electrons. The van der Waals surface area contributed by atoms with Gasteiger partial charge in [-0.3, -0.25) is 29.3 Å². The first-order valence-corrected chi connectivity index (χ1v) is 11.5. The molecule has 2 heterocycles. The molecular weight excluding hydrogens is 426 g/mol. The number of nitrogens with zero attached hydrogens (tertiary/aromatic N) is 1. The van der Waals surface area contributed by atoms with E-state index in [1.807, 2.05) is 0 Å². The molecule has 2 aliphatic heterocycles. The van der Waals surface area contributed by atoms with Gasteiger partial charge in [0.15, 0.2) is 0 Å². The van der Waals surface area contributed by atoms with Crippen molar-refractivity contribution in [3.05, 3.63) is 29.3 Å². The van der Waals surface area contributed by atoms with Gasteiger partial charge in [-0.15, -0.1) is 0 Å². The van der Waals surface area contributed by atoms with Crippen molar-refractivity contribution in [3.8, 4) is 0 Å². The summed E-state index contributed by atoms with van der Waals surface area (Å²) in [6.45, 7) is 2.60. The number of imide groups is 1. The van der Waals surface area contributed by atoms with Gasteiger partial charge in [-0.2, -0.15) is 0 Å². The molecule has 1 aromatic carbocycles. The van der Waals surface area contributed by atoms with Crippen LogP contribution in [0.3, 0.4) is 0 Å². The summed E-state index contributed by atoms with van der Waals surface area (Å²) in [7, 11) is 0. The Kier molecular flexibility index (Phi) is 8.94. The zero-order valence-corrected chi connectivity index (χ0v) is 18.7. The highest BCUT2D eigenvalue weighted by atomic mass is 16.2. The number of rotatable bonds is 13. The van der Waals surface area contributed by atoms with Crippen LogP contribution in [-0.2, 0) is 25.7 Å². The van der Waals surface area contributed by atoms with Crippen molar-refractivity contribution >= 4 is 35.7 Å². The van der Waals surface area contributed by atoms with Gasteiger partial charge in [0.05, 0.1) is 0 Å². The molecule has 0 radical (unpaired) electrons. The van der Waals surface area contributed by atoms with E-state index < -0.39 is 11.9 Å². The van der Waals surface area contributed by atoms with Crippen molar-refractivity contribution in [1.82, 2.24) is 20.9 Å². The standard InChI is InChI=1S/C23H31N5O5/c29-15-25-13-5-12-24-11-3-1-2-8-20(30)26-18-7-4-6-16-17(18)14-28(23(16)33)19-9-10-21(31)27-22(19)32/h4,6-7,15,19,24H,1-3,5,8-14H2,(H,25,29)(H,26,30)(H,27,31,32). The van der Waals surface area contributed by atoms with Gasteiger partial charge in [0.25, 0.3) is 5.91 Å². The van der Waals surface area contributed by atoms with Crippen LogP contribution in [0, 0.1) is 0 Å². The molecule has 0 aromatic heterocycles. The van der Waals surface area contributed by atoms with Crippen molar-refractivity contribution in [2.45, 2.75) is 57.5 Å². The fourth-order valence-electron chi connectivity index (χ4n) is 4.13. The maximum absolute atomic E-state index is 12.9. The normalized spacial score (nSPS) is 17.5. The summed E-state index contributed by atoms with van der Waals surface area (Å²) in [4.78, 5) is 60.5. The number of hydrogen-bond donors (Lipinski definition) is 4. The molecule has 4 N–H and O–H groups in total. The predicted octanol–water partition coefficient (Wildman–Crippen LogP) is 0.672. The third-order valence-corrected chi connectivity index (χ3v) is 5.87. The lowest BCUT2D eigenvalue weighted by atomic mass is 10.0. The molecule has 0 aliphatic carbocycles. The van der Waals surface area contributed by atoms with Crippen molar-refractivity contribution in [1.29, 1.82) is 0 Å². The quantitative estimate of drug-likeness (QED) is 0.195. The number of amides is 5. The van der Waals surface area contributed by atoms with Crippen LogP contribution in [0.15, 0.2) is 18.2 Å². The highest BCUT2D eigenvalue weighted by molar-refractivity contribution is 6.06. The molecule has 10 nitrogen and oxygen atoms in total. The molecule has 10 heteroatoms. The van der Waals surface area contributed by atoms with Crippen LogP contribution in [-0.4, -0.2) is 60.6 Å². The number of anilines is 1. The van der Waals surface area contributed by atoms with Crippen molar-refractivity contribution in [3.63, 3.8) is 0 Å². The Morgan fingerprint density at radius 1 is 1.09 bits per heavy atom. The third-order valence-electron chi connectivity index (χ3n) is 5.87. The van der Waals surface area contributed by atoms with Crippen LogP contribution in [0.4, 0.5) is 5.69 Å². The second kappa shape index (κ2) is 12.1. The first-order chi connectivity index (χ1) is 16.0. The van der Waals surface area contributed by atoms with E-state index in [0.717, 1.165) is 38.8 Å². The lowest BCUT2D eigenvalue weighted by Crippen LogP contribution is -2.52. The van der Waals surface area contributed by atoms with Gasteiger partial charge in [-0.1, -0.05) is 12.5 Å². The van der Waals surface area contributed by atoms with Gasteiger partial charge in [-0.05, 0) is 50.9 Å². The number of fused-ring (bicyclic) bond motifs is 1. The van der Waals surface area contributed by atoms with Gasteiger partial charge < -0.3 is 20.9 Å². The van der Waals surface area contributed by atoms with Crippen molar-refractivity contribution in [2.24, 2.45) is 0 Å². The number of carbonyl (C=O) groups is 5. The summed E-state index contributed by atoms with van der Waals surface area (Å²) in [5.74, 6) is -1.14. The summed E-state index contributed by atoms with van der Waals surface area (Å²) in [5.41, 5.74) is 1.77. The van der Waals surface area contributed by atoms with Crippen LogP contribution in [0.1, 0.15) is 60.9 Å². The first-order valence-electron chi connectivity index (χ1n) is 11.5. The van der Waals surface area contributed by atoms with E-state index >= 15 is 0 Å². The average Bonchev–Trinajstić information content (AvgIpc) is 3.12. The maximum atomic E-state index is 12.9. The summed E-state index contributed by atoms with van der Waals surface area (Å²) in [5, 5.41) is 11.1. The molecule has 33 heavy (non-hydrogen) atoms. The molecule has 2 aliphatic rings. The summed E-state index contributed by atoms with van der Waals surface area (Å²) < 4.78 is 0. The SMILES string of the molecule is O=CNCCCNCCCCCC(=O)Nc1cccc2c1CN(C1CCC(=O)NC1=O)C2=O. The second-order valence-electron chi connectivity index (χ2n) is 8.27. The Morgan fingerprint density at radius 3 is 2.70 bits per heavy atom. The lowest BCUT2D eigenvalue weighted by Gasteiger charge is -2.29. The van der Waals surface area contributed by atoms with E-state index in [4.69, 9.17) is 0 Å². The third kappa shape index (κ3) is 6.61. The minimum absolute atomic E-state index is 0.108. The summed E-state index contributed by atoms with van der Waals surface area (Å²) >= 11 is 0. The summed E-state index contributed by atoms with van der Waals surface area (Å²) in [6.07, 6.45) is 5.11. The molecule has 5 amide bonds. The van der Waals surface area contributed by atoms with E-state index in [-0.39, 0.29) is 30.7 Å². The van der Waals surface area contributed by atoms with Crippen LogP contribution < -0.4 is 21.3 Å². The van der Waals surface area contributed by atoms with Gasteiger partial charge in [-0.25, -0.2) is 0 Å². The molecule has 1 saturated heterocycles. The Bertz CT molecular complexity index is 903. The van der Waals surface area contributed by atoms with Crippen LogP contribution in [0.5, 0.6) is 0 Å². The smallest absolute Gasteiger partial charge is 0.255 e. The van der Waals surface area contributed by atoms with E-state index in [0.29, 0.717) is 42.6 Å². The lowest BCUT2D eigenvalue weighted by molar-refractivity contribution is -0.137. The van der Waals surface area contributed by atoms with Gasteiger partial charge >= 0.3 is 0 Å². The molecule has 1 unspecified atom stereocenters. The minimum Gasteiger partial charge on any atom is -0.359 e. The van der Waals surface area contributed by atoms with Crippen LogP contribution >= 0.6 is 0 Å². The number of piperidine rings is 1. The molecule has 0 bridgehead atoms. The van der Waals surface area contributed by atoms with Gasteiger partial charge in [0, 0.05) is 42.7 Å². The molecule has 0 spiro atoms. The number of carbonyl (C=O) groups excluding carboxylic acids is 5. The fourth-order valence-corrected chi connectivity index (χ4v) is 4.13. The molecule has 3 rings (SSSR count). The van der Waals surface area contributed by atoms with Gasteiger partial charge in [0.1, 0.15) is 6.04 Å². The number of unbranched alkanes of at least 4 members (excludes halogenated alkanes) is 2. The monoisotopic (exact) mass is 457 g/mol. The van der Waals surface area contributed by atoms with Crippen molar-refractivity contribution < 1.29 is 24.0 Å². The van der Waals surface area contributed by atoms with Crippen molar-refractivity contribution in [2.75, 3.05) is 25.0 Å². The molecule has 0 saturated carbocycles. The Morgan fingerprint density at radius 2 is 1.91 bits per heavy atom. The van der Waals surface area contributed by atoms with E-state index in [1.165, 1.54) is 4.90 Å². The molecule has 1 atom stereocenters. The fraction of sp³-hybridized carbons (Fsp3) is 0.522. The molecule has 1 aromatic rings. The van der Waals surface area contributed by atoms with E-state index in [2.05, 4.69) is 21.3 Å². The highest BCUT2D eigenvalue weighted by Crippen LogP contribution is 2.32. The number of benzene rings is 1. The summed E-state index contributed by atoms with van der Waals surface area (Å²) in [6, 6.07) is 4.50. The second-order valence-corrected chi connectivity index (χ2v) is 8.27. The average molecular weight is 458 g/mol. The van der Waals surface area contributed by atoms with Crippen LogP contribution in [0.25, 0.3) is 0 Å².